The zero-order valence-electron chi connectivity index (χ0n) is 11.4. The number of carbonyl (C=O) groups excluding carboxylic acids is 1. The van der Waals surface area contributed by atoms with Gasteiger partial charge in [0, 0.05) is 18.8 Å². The van der Waals surface area contributed by atoms with Crippen LogP contribution in [0.5, 0.6) is 0 Å². The fraction of sp³-hybridized carbons (Fsp3) is 0.500. The van der Waals surface area contributed by atoms with Crippen molar-refractivity contribution in [3.8, 4) is 0 Å². The molecule has 1 aromatic carbocycles. The first-order chi connectivity index (χ1) is 9.58. The van der Waals surface area contributed by atoms with E-state index in [1.165, 1.54) is 6.07 Å². The van der Waals surface area contributed by atoms with Crippen LogP contribution in [0.2, 0.25) is 0 Å². The largest absolute Gasteiger partial charge is 0.394 e. The molecule has 6 heteroatoms. The minimum Gasteiger partial charge on any atom is -0.394 e. The van der Waals surface area contributed by atoms with Gasteiger partial charge < -0.3 is 15.2 Å². The van der Waals surface area contributed by atoms with E-state index in [9.17, 15) is 9.18 Å². The summed E-state index contributed by atoms with van der Waals surface area (Å²) in [5, 5.41) is 11.7. The van der Waals surface area contributed by atoms with Crippen LogP contribution in [0.25, 0.3) is 0 Å². The first-order valence-electron chi connectivity index (χ1n) is 6.59. The lowest BCUT2D eigenvalue weighted by atomic mass is 10.2. The van der Waals surface area contributed by atoms with Gasteiger partial charge in [-0.3, -0.25) is 9.69 Å². The Labute approximate surface area is 117 Å². The summed E-state index contributed by atoms with van der Waals surface area (Å²) in [5.74, 6) is -0.540. The van der Waals surface area contributed by atoms with E-state index < -0.39 is 0 Å². The van der Waals surface area contributed by atoms with Crippen molar-refractivity contribution in [2.45, 2.75) is 13.0 Å². The average Bonchev–Trinajstić information content (AvgIpc) is 2.43. The minimum atomic E-state index is -0.338. The van der Waals surface area contributed by atoms with Crippen molar-refractivity contribution in [3.63, 3.8) is 0 Å². The molecule has 1 amide bonds. The molecule has 1 fully saturated rings. The molecule has 110 valence electrons. The van der Waals surface area contributed by atoms with Crippen LogP contribution in [0, 0.1) is 12.7 Å². The minimum absolute atomic E-state index is 0.0543. The number of hydrogen-bond acceptors (Lipinski definition) is 4. The number of ether oxygens (including phenoxy) is 1. The smallest absolute Gasteiger partial charge is 0.238 e. The first-order valence-corrected chi connectivity index (χ1v) is 6.59. The average molecular weight is 282 g/mol. The standard InChI is InChI=1S/C14H19FN2O3/c1-10-2-3-11(6-13(10)15)16-14(19)8-17-4-5-20-12(7-17)9-18/h2-3,6,12,18H,4-5,7-9H2,1H3,(H,16,19). The normalized spacial score (nSPS) is 19.9. The summed E-state index contributed by atoms with van der Waals surface area (Å²) in [4.78, 5) is 13.8. The molecule has 1 unspecified atom stereocenters. The number of carbonyl (C=O) groups is 1. The molecular weight excluding hydrogens is 263 g/mol. The van der Waals surface area contributed by atoms with Crippen molar-refractivity contribution >= 4 is 11.6 Å². The van der Waals surface area contributed by atoms with Gasteiger partial charge in [-0.05, 0) is 24.6 Å². The van der Waals surface area contributed by atoms with Gasteiger partial charge in [-0.15, -0.1) is 0 Å². The third kappa shape index (κ3) is 4.00. The number of aliphatic hydroxyl groups is 1. The topological polar surface area (TPSA) is 61.8 Å². The predicted molar refractivity (Wildman–Crippen MR) is 73.0 cm³/mol. The summed E-state index contributed by atoms with van der Waals surface area (Å²) in [6.07, 6.45) is -0.242. The zero-order valence-corrected chi connectivity index (χ0v) is 11.4. The Hall–Kier alpha value is -1.50. The Morgan fingerprint density at radius 1 is 1.60 bits per heavy atom. The highest BCUT2D eigenvalue weighted by Crippen LogP contribution is 2.13. The van der Waals surface area contributed by atoms with E-state index in [1.807, 2.05) is 4.90 Å². The zero-order chi connectivity index (χ0) is 14.5. The SMILES string of the molecule is Cc1ccc(NC(=O)CN2CCOC(CO)C2)cc1F. The molecule has 0 bridgehead atoms. The number of aryl methyl sites for hydroxylation is 1. The monoisotopic (exact) mass is 282 g/mol. The number of aliphatic hydroxyl groups excluding tert-OH is 1. The lowest BCUT2D eigenvalue weighted by Gasteiger charge is -2.31. The molecule has 0 aromatic heterocycles. The van der Waals surface area contributed by atoms with Gasteiger partial charge in [-0.1, -0.05) is 6.07 Å². The Kier molecular flexibility index (Phi) is 5.05. The summed E-state index contributed by atoms with van der Waals surface area (Å²) < 4.78 is 18.7. The fourth-order valence-corrected chi connectivity index (χ4v) is 2.11. The van der Waals surface area contributed by atoms with E-state index in [-0.39, 0.29) is 31.0 Å². The number of rotatable bonds is 4. The molecule has 0 aliphatic carbocycles. The number of benzene rings is 1. The van der Waals surface area contributed by atoms with Crippen LogP contribution in [0.3, 0.4) is 0 Å². The third-order valence-corrected chi connectivity index (χ3v) is 3.25. The summed E-state index contributed by atoms with van der Waals surface area (Å²) in [5.41, 5.74) is 0.993. The highest BCUT2D eigenvalue weighted by atomic mass is 19.1. The first kappa shape index (κ1) is 14.9. The van der Waals surface area contributed by atoms with Crippen LogP contribution in [0.15, 0.2) is 18.2 Å². The molecule has 1 aliphatic heterocycles. The summed E-state index contributed by atoms with van der Waals surface area (Å²) in [6, 6.07) is 4.61. The second kappa shape index (κ2) is 6.78. The number of nitrogens with one attached hydrogen (secondary N) is 1. The molecule has 1 aromatic rings. The predicted octanol–water partition coefficient (Wildman–Crippen LogP) is 0.766. The van der Waals surface area contributed by atoms with Crippen molar-refractivity contribution in [1.29, 1.82) is 0 Å². The van der Waals surface area contributed by atoms with Gasteiger partial charge >= 0.3 is 0 Å². The van der Waals surface area contributed by atoms with Gasteiger partial charge in [-0.2, -0.15) is 0 Å². The Morgan fingerprint density at radius 3 is 3.10 bits per heavy atom. The van der Waals surface area contributed by atoms with Gasteiger partial charge in [0.2, 0.25) is 5.91 Å². The second-order valence-corrected chi connectivity index (χ2v) is 4.92. The van der Waals surface area contributed by atoms with Crippen molar-refractivity contribution < 1.29 is 19.0 Å². The van der Waals surface area contributed by atoms with Crippen LogP contribution >= 0.6 is 0 Å². The number of nitrogens with zero attached hydrogens (tertiary/aromatic N) is 1. The highest BCUT2D eigenvalue weighted by Gasteiger charge is 2.21. The number of halogens is 1. The third-order valence-electron chi connectivity index (χ3n) is 3.25. The van der Waals surface area contributed by atoms with E-state index in [1.54, 1.807) is 19.1 Å². The molecule has 1 aliphatic rings. The summed E-state index contributed by atoms with van der Waals surface area (Å²) in [7, 11) is 0. The van der Waals surface area contributed by atoms with Gasteiger partial charge in [-0.25, -0.2) is 4.39 Å². The van der Waals surface area contributed by atoms with Crippen molar-refractivity contribution in [3.05, 3.63) is 29.6 Å². The van der Waals surface area contributed by atoms with Crippen molar-refractivity contribution in [2.75, 3.05) is 38.2 Å². The number of hydrogen-bond donors (Lipinski definition) is 2. The molecule has 5 nitrogen and oxygen atoms in total. The Bertz CT molecular complexity index is 481. The van der Waals surface area contributed by atoms with Crippen LogP contribution in [0.4, 0.5) is 10.1 Å². The lowest BCUT2D eigenvalue weighted by molar-refractivity contribution is -0.120. The highest BCUT2D eigenvalue weighted by molar-refractivity contribution is 5.92. The number of anilines is 1. The maximum atomic E-state index is 13.4. The van der Waals surface area contributed by atoms with Crippen molar-refractivity contribution in [2.24, 2.45) is 0 Å². The summed E-state index contributed by atoms with van der Waals surface area (Å²) in [6.45, 7) is 3.48. The molecule has 0 saturated carbocycles. The molecule has 1 saturated heterocycles. The van der Waals surface area contributed by atoms with E-state index in [4.69, 9.17) is 9.84 Å². The Morgan fingerprint density at radius 2 is 2.40 bits per heavy atom. The van der Waals surface area contributed by atoms with E-state index in [2.05, 4.69) is 5.32 Å². The molecule has 1 atom stereocenters. The van der Waals surface area contributed by atoms with Gasteiger partial charge in [0.15, 0.2) is 0 Å². The van der Waals surface area contributed by atoms with Gasteiger partial charge in [0.1, 0.15) is 5.82 Å². The van der Waals surface area contributed by atoms with E-state index in [0.717, 1.165) is 0 Å². The van der Waals surface area contributed by atoms with Crippen LogP contribution in [-0.2, 0) is 9.53 Å². The summed E-state index contributed by atoms with van der Waals surface area (Å²) >= 11 is 0. The lowest BCUT2D eigenvalue weighted by Crippen LogP contribution is -2.46. The van der Waals surface area contributed by atoms with Crippen LogP contribution in [0.1, 0.15) is 5.56 Å². The van der Waals surface area contributed by atoms with E-state index >= 15 is 0 Å². The molecule has 0 radical (unpaired) electrons. The van der Waals surface area contributed by atoms with Gasteiger partial charge in [0.25, 0.3) is 0 Å². The quantitative estimate of drug-likeness (QED) is 0.856. The molecule has 2 rings (SSSR count). The molecule has 20 heavy (non-hydrogen) atoms. The van der Waals surface area contributed by atoms with Crippen LogP contribution < -0.4 is 5.32 Å². The van der Waals surface area contributed by atoms with Gasteiger partial charge in [0.05, 0.1) is 25.9 Å². The Balaban J connectivity index is 1.87. The number of morpholine rings is 1. The molecule has 0 spiro atoms. The second-order valence-electron chi connectivity index (χ2n) is 4.92. The number of amides is 1. The maximum absolute atomic E-state index is 13.4. The molecule has 1 heterocycles. The van der Waals surface area contributed by atoms with Crippen LogP contribution in [-0.4, -0.2) is 54.9 Å². The van der Waals surface area contributed by atoms with Crippen molar-refractivity contribution in [1.82, 2.24) is 4.90 Å². The molecule has 2 N–H and O–H groups in total. The van der Waals surface area contributed by atoms with E-state index in [0.29, 0.717) is 30.9 Å². The fourth-order valence-electron chi connectivity index (χ4n) is 2.11. The maximum Gasteiger partial charge on any atom is 0.238 e. The molecular formula is C14H19FN2O3.